The van der Waals surface area contributed by atoms with Crippen LogP contribution in [0, 0.1) is 0 Å². The number of hydrogen-bond acceptors (Lipinski definition) is 2. The Morgan fingerprint density at radius 1 is 0.694 bits per heavy atom. The van der Waals surface area contributed by atoms with Crippen LogP contribution in [0.5, 0.6) is 0 Å². The van der Waals surface area contributed by atoms with Crippen molar-refractivity contribution in [1.29, 1.82) is 0 Å². The molecule has 0 aromatic heterocycles. The summed E-state index contributed by atoms with van der Waals surface area (Å²) >= 11 is -0.332. The van der Waals surface area contributed by atoms with Gasteiger partial charge in [0.1, 0.15) is 0 Å². The van der Waals surface area contributed by atoms with Gasteiger partial charge in [-0.3, -0.25) is 0 Å². The molecule has 0 amide bonds. The van der Waals surface area contributed by atoms with Crippen LogP contribution in [0.25, 0.3) is 0 Å². The molecule has 0 heterocycles. The van der Waals surface area contributed by atoms with Crippen molar-refractivity contribution in [3.63, 3.8) is 0 Å². The van der Waals surface area contributed by atoms with Crippen LogP contribution < -0.4 is 3.61 Å². The molecule has 0 aliphatic carbocycles. The average Bonchev–Trinajstić information content (AvgIpc) is 2.79. The molecule has 0 saturated heterocycles. The summed E-state index contributed by atoms with van der Waals surface area (Å²) in [6.45, 7) is 22.7. The first-order valence-corrected chi connectivity index (χ1v) is 22.1. The SMILES string of the molecule is [CH3][Ga][CH3].[CH3][Ga][N](/C(C)=C\C(C)=Nc1c(C(C)C)cccc1C(C)C)c1c(C(C)C)cccc1C(C)C. The molecule has 2 nitrogen and oxygen atoms in total. The average molecular weight is 602 g/mol. The molecule has 0 unspecified atom stereocenters. The zero-order chi connectivity index (χ0) is 27.6. The molecule has 0 N–H and O–H groups in total. The molecule has 0 aliphatic rings. The first-order valence-electron chi connectivity index (χ1n) is 13.7. The quantitative estimate of drug-likeness (QED) is 0.206. The van der Waals surface area contributed by atoms with Crippen molar-refractivity contribution in [3.8, 4) is 0 Å². The third kappa shape index (κ3) is 9.04. The van der Waals surface area contributed by atoms with Crippen LogP contribution >= 0.6 is 0 Å². The Bertz CT molecular complexity index is 964. The first kappa shape index (κ1) is 33.0. The number of benzene rings is 2. The number of nitrogens with zero attached hydrogens (tertiary/aromatic N) is 2. The van der Waals surface area contributed by atoms with E-state index >= 15 is 0 Å². The molecule has 194 valence electrons. The van der Waals surface area contributed by atoms with Gasteiger partial charge in [-0.2, -0.15) is 0 Å². The first-order chi connectivity index (χ1) is 16.9. The Balaban J connectivity index is 0.00000205. The van der Waals surface area contributed by atoms with E-state index in [1.165, 1.54) is 33.6 Å². The summed E-state index contributed by atoms with van der Waals surface area (Å²) in [4.78, 5) is 5.20. The Hall–Kier alpha value is -1.08. The summed E-state index contributed by atoms with van der Waals surface area (Å²) in [7, 11) is 0. The van der Waals surface area contributed by atoms with Gasteiger partial charge < -0.3 is 0 Å². The maximum absolute atomic E-state index is 5.20. The molecule has 2 aromatic carbocycles. The summed E-state index contributed by atoms with van der Waals surface area (Å²) in [5.74, 6) is 1.90. The molecule has 0 fully saturated rings. The second-order valence-corrected chi connectivity index (χ2v) is 15.5. The van der Waals surface area contributed by atoms with Gasteiger partial charge in [0.25, 0.3) is 0 Å². The predicted octanol–water partition coefficient (Wildman–Crippen LogP) is 10.1. The minimum atomic E-state index is -0.644. The zero-order valence-corrected chi connectivity index (χ0v) is 30.2. The summed E-state index contributed by atoms with van der Waals surface area (Å²) in [5.41, 5.74) is 17.5. The van der Waals surface area contributed by atoms with Gasteiger partial charge in [0.05, 0.1) is 0 Å². The number of aliphatic imine (C=N–C) groups is 1. The van der Waals surface area contributed by atoms with Gasteiger partial charge in [-0.25, -0.2) is 0 Å². The number of allylic oxidation sites excluding steroid dienone is 2. The molecule has 0 aliphatic heterocycles. The van der Waals surface area contributed by atoms with Crippen molar-refractivity contribution < 1.29 is 0 Å². The van der Waals surface area contributed by atoms with Gasteiger partial charge in [0, 0.05) is 0 Å². The van der Waals surface area contributed by atoms with Gasteiger partial charge in [0.15, 0.2) is 0 Å². The van der Waals surface area contributed by atoms with Gasteiger partial charge in [-0.1, -0.05) is 0 Å². The number of para-hydroxylation sites is 2. The van der Waals surface area contributed by atoms with E-state index in [4.69, 9.17) is 4.99 Å². The normalized spacial score (nSPS) is 12.2. The van der Waals surface area contributed by atoms with E-state index in [-0.39, 0.29) is 0 Å². The summed E-state index contributed by atoms with van der Waals surface area (Å²) in [6, 6.07) is 13.5. The summed E-state index contributed by atoms with van der Waals surface area (Å²) in [6.07, 6.45) is 2.29. The predicted molar refractivity (Wildman–Crippen MR) is 167 cm³/mol. The summed E-state index contributed by atoms with van der Waals surface area (Å²) in [5, 5.41) is 0. The Kier molecular flexibility index (Phi) is 14.7. The fourth-order valence-electron chi connectivity index (χ4n) is 4.52. The second-order valence-electron chi connectivity index (χ2n) is 10.9. The van der Waals surface area contributed by atoms with Gasteiger partial charge >= 0.3 is 241 Å². The van der Waals surface area contributed by atoms with E-state index in [1.54, 1.807) is 0 Å². The second kappa shape index (κ2) is 16.0. The standard InChI is InChI=1S/C29H41N2.3CH3.2Ga/c1-18(2)24-13-11-14-25(19(3)4)28(24)30-22(9)17-23(10)31-29-26(20(5)6)15-12-16-27(29)21(7)8;;;;;/h11-21H,1-10H3;3*1H3;;/q-1;;;;;+1/b22-17-,31-23?;;;;;. The third-order valence-electron chi connectivity index (χ3n) is 6.27. The van der Waals surface area contributed by atoms with E-state index < -0.39 is 17.6 Å². The van der Waals surface area contributed by atoms with Gasteiger partial charge in [-0.05, 0) is 0 Å². The van der Waals surface area contributed by atoms with Crippen molar-refractivity contribution in [1.82, 2.24) is 0 Å². The molecule has 0 bridgehead atoms. The molecular formula is C32H50Ga2N2. The summed E-state index contributed by atoms with van der Waals surface area (Å²) < 4.78 is 2.63. The topological polar surface area (TPSA) is 15.6 Å². The van der Waals surface area contributed by atoms with Crippen LogP contribution in [0.15, 0.2) is 53.2 Å². The minimum absolute atomic E-state index is 0.312. The van der Waals surface area contributed by atoms with Crippen molar-refractivity contribution in [2.75, 3.05) is 3.61 Å². The zero-order valence-electron chi connectivity index (χ0n) is 25.4. The third-order valence-corrected chi connectivity index (χ3v) is 8.75. The van der Waals surface area contributed by atoms with E-state index in [0.29, 0.717) is 41.1 Å². The monoisotopic (exact) mass is 600 g/mol. The molecule has 0 saturated carbocycles. The molecule has 0 atom stereocenters. The van der Waals surface area contributed by atoms with Crippen LogP contribution in [0.4, 0.5) is 11.4 Å². The molecular weight excluding hydrogens is 552 g/mol. The van der Waals surface area contributed by atoms with Crippen molar-refractivity contribution >= 4 is 52.1 Å². The number of anilines is 1. The van der Waals surface area contributed by atoms with Crippen LogP contribution in [0.2, 0.25) is 16.4 Å². The van der Waals surface area contributed by atoms with Crippen molar-refractivity contribution in [3.05, 3.63) is 70.4 Å². The fourth-order valence-corrected chi connectivity index (χ4v) is 6.70. The Morgan fingerprint density at radius 2 is 1.06 bits per heavy atom. The van der Waals surface area contributed by atoms with Crippen LogP contribution in [-0.2, 0) is 0 Å². The van der Waals surface area contributed by atoms with Crippen LogP contribution in [-0.4, -0.2) is 40.8 Å². The van der Waals surface area contributed by atoms with Crippen LogP contribution in [0.1, 0.15) is 115 Å². The Morgan fingerprint density at radius 3 is 1.39 bits per heavy atom. The van der Waals surface area contributed by atoms with Gasteiger partial charge in [-0.15, -0.1) is 0 Å². The number of hydrogen-bond donors (Lipinski definition) is 0. The van der Waals surface area contributed by atoms with E-state index in [1.807, 2.05) is 0 Å². The van der Waals surface area contributed by atoms with E-state index in [9.17, 15) is 0 Å². The molecule has 2 radical (unpaired) electrons. The van der Waals surface area contributed by atoms with Crippen LogP contribution in [0.3, 0.4) is 0 Å². The molecule has 0 spiro atoms. The molecule has 4 heteroatoms. The van der Waals surface area contributed by atoms with Gasteiger partial charge in [0.2, 0.25) is 0 Å². The fraction of sp³-hybridized carbons (Fsp3) is 0.531. The van der Waals surface area contributed by atoms with Crippen molar-refractivity contribution in [2.24, 2.45) is 4.99 Å². The molecule has 2 rings (SSSR count). The van der Waals surface area contributed by atoms with E-state index in [0.717, 1.165) is 11.4 Å². The maximum atomic E-state index is 5.20. The van der Waals surface area contributed by atoms with E-state index in [2.05, 4.69) is 132 Å². The number of rotatable bonds is 9. The molecule has 2 aromatic rings. The molecule has 36 heavy (non-hydrogen) atoms. The van der Waals surface area contributed by atoms with Crippen molar-refractivity contribution in [2.45, 2.75) is 109 Å². The Labute approximate surface area is 239 Å².